The number of hydrogen-bond acceptors (Lipinski definition) is 5. The lowest BCUT2D eigenvalue weighted by Gasteiger charge is -2.26. The number of aromatic carboxylic acids is 1. The average molecular weight is 280 g/mol. The molecule has 2 unspecified atom stereocenters. The Balaban J connectivity index is 2.08. The Labute approximate surface area is 115 Å². The second-order valence-corrected chi connectivity index (χ2v) is 4.75. The number of carbonyl (C=O) groups excluding carboxylic acids is 1. The first-order chi connectivity index (χ1) is 9.44. The van der Waals surface area contributed by atoms with Gasteiger partial charge in [0, 0.05) is 25.8 Å². The number of ether oxygens (including phenoxy) is 1. The maximum absolute atomic E-state index is 12.0. The molecule has 1 aliphatic heterocycles. The summed E-state index contributed by atoms with van der Waals surface area (Å²) in [4.78, 5) is 26.8. The molecule has 0 saturated carbocycles. The number of carbonyl (C=O) groups is 2. The Hall–Kier alpha value is -1.99. The molecule has 1 saturated heterocycles. The van der Waals surface area contributed by atoms with Crippen molar-refractivity contribution in [2.45, 2.75) is 25.0 Å². The summed E-state index contributed by atoms with van der Waals surface area (Å²) < 4.78 is 5.26. The highest BCUT2D eigenvalue weighted by Gasteiger charge is 2.39. The second-order valence-electron chi connectivity index (χ2n) is 4.75. The smallest absolute Gasteiger partial charge is 0.338 e. The predicted molar refractivity (Wildman–Crippen MR) is 68.5 cm³/mol. The molecule has 0 aliphatic carbocycles. The summed E-state index contributed by atoms with van der Waals surface area (Å²) in [6.45, 7) is 2.14. The molecule has 1 amide bonds. The zero-order chi connectivity index (χ0) is 14.8. The third-order valence-corrected chi connectivity index (χ3v) is 3.47. The first kappa shape index (κ1) is 14.4. The van der Waals surface area contributed by atoms with Crippen LogP contribution in [0.2, 0.25) is 0 Å². The molecule has 1 aromatic heterocycles. The van der Waals surface area contributed by atoms with E-state index in [1.54, 1.807) is 6.92 Å². The molecular formula is C13H16N2O5. The molecule has 1 aliphatic rings. The van der Waals surface area contributed by atoms with Gasteiger partial charge in [0.05, 0.1) is 11.7 Å². The lowest BCUT2D eigenvalue weighted by atomic mass is 9.96. The molecule has 0 radical (unpaired) electrons. The summed E-state index contributed by atoms with van der Waals surface area (Å²) in [6.07, 6.45) is 1.38. The van der Waals surface area contributed by atoms with Gasteiger partial charge >= 0.3 is 5.97 Å². The number of carboxylic acid groups (broad SMARTS) is 1. The molecule has 7 heteroatoms. The van der Waals surface area contributed by atoms with E-state index in [9.17, 15) is 14.7 Å². The van der Waals surface area contributed by atoms with Gasteiger partial charge in [0.2, 0.25) is 0 Å². The number of rotatable bonds is 4. The van der Waals surface area contributed by atoms with Crippen molar-refractivity contribution in [1.29, 1.82) is 0 Å². The molecule has 0 aromatic carbocycles. The Morgan fingerprint density at radius 2 is 2.35 bits per heavy atom. The van der Waals surface area contributed by atoms with Crippen LogP contribution in [0.1, 0.15) is 34.2 Å². The van der Waals surface area contributed by atoms with Crippen LogP contribution in [-0.2, 0) is 4.74 Å². The number of aliphatic hydroxyl groups is 1. The zero-order valence-corrected chi connectivity index (χ0v) is 11.0. The number of amides is 1. The normalized spacial score (nSPS) is 25.4. The fourth-order valence-electron chi connectivity index (χ4n) is 2.08. The van der Waals surface area contributed by atoms with Crippen LogP contribution in [0.4, 0.5) is 0 Å². The van der Waals surface area contributed by atoms with E-state index in [0.29, 0.717) is 13.0 Å². The Morgan fingerprint density at radius 3 is 2.95 bits per heavy atom. The van der Waals surface area contributed by atoms with Crippen molar-refractivity contribution < 1.29 is 24.5 Å². The minimum atomic E-state index is -1.22. The highest BCUT2D eigenvalue weighted by Crippen LogP contribution is 2.24. The highest BCUT2D eigenvalue weighted by atomic mass is 16.5. The van der Waals surface area contributed by atoms with E-state index in [-0.39, 0.29) is 23.9 Å². The Bertz CT molecular complexity index is 533. The van der Waals surface area contributed by atoms with Crippen LogP contribution in [0.15, 0.2) is 18.3 Å². The minimum Gasteiger partial charge on any atom is -0.478 e. The number of pyridine rings is 1. The van der Waals surface area contributed by atoms with Gasteiger partial charge < -0.3 is 20.3 Å². The Morgan fingerprint density at radius 1 is 1.60 bits per heavy atom. The van der Waals surface area contributed by atoms with Gasteiger partial charge in [-0.25, -0.2) is 4.79 Å². The van der Waals surface area contributed by atoms with Gasteiger partial charge in [-0.1, -0.05) is 0 Å². The summed E-state index contributed by atoms with van der Waals surface area (Å²) in [6, 6.07) is 2.75. The molecular weight excluding hydrogens is 264 g/mol. The predicted octanol–water partition coefficient (Wildman–Crippen LogP) is 0.0495. The summed E-state index contributed by atoms with van der Waals surface area (Å²) in [7, 11) is 0. The average Bonchev–Trinajstić information content (AvgIpc) is 2.76. The van der Waals surface area contributed by atoms with Crippen LogP contribution in [0.5, 0.6) is 0 Å². The molecule has 108 valence electrons. The maximum Gasteiger partial charge on any atom is 0.338 e. The van der Waals surface area contributed by atoms with Gasteiger partial charge in [-0.2, -0.15) is 0 Å². The monoisotopic (exact) mass is 280 g/mol. The molecule has 2 heterocycles. The van der Waals surface area contributed by atoms with Gasteiger partial charge in [-0.15, -0.1) is 0 Å². The molecule has 0 bridgehead atoms. The molecule has 0 spiro atoms. The van der Waals surface area contributed by atoms with Crippen molar-refractivity contribution in [2.75, 3.05) is 13.2 Å². The van der Waals surface area contributed by atoms with Gasteiger partial charge in [-0.3, -0.25) is 9.78 Å². The molecule has 2 rings (SSSR count). The number of nitrogens with zero attached hydrogens (tertiary/aromatic N) is 1. The second kappa shape index (κ2) is 5.56. The van der Waals surface area contributed by atoms with Gasteiger partial charge in [0.25, 0.3) is 5.91 Å². The first-order valence-corrected chi connectivity index (χ1v) is 6.24. The zero-order valence-electron chi connectivity index (χ0n) is 11.0. The fraction of sp³-hybridized carbons (Fsp3) is 0.462. The van der Waals surface area contributed by atoms with Gasteiger partial charge in [0.15, 0.2) is 0 Å². The SMILES string of the molecule is CC1OCCC1(O)CNC(=O)c1ncccc1C(=O)O. The van der Waals surface area contributed by atoms with E-state index < -0.39 is 17.5 Å². The fourth-order valence-corrected chi connectivity index (χ4v) is 2.08. The van der Waals surface area contributed by atoms with Crippen molar-refractivity contribution in [3.8, 4) is 0 Å². The molecule has 20 heavy (non-hydrogen) atoms. The number of carboxylic acids is 1. The lowest BCUT2D eigenvalue weighted by molar-refractivity contribution is -0.0252. The standard InChI is InChI=1S/C13H16N2O5/c1-8-13(19,4-6-20-8)7-15-11(16)10-9(12(17)18)3-2-5-14-10/h2-3,5,8,19H,4,6-7H2,1H3,(H,15,16)(H,17,18). The van der Waals surface area contributed by atoms with Crippen LogP contribution in [0.25, 0.3) is 0 Å². The van der Waals surface area contributed by atoms with Crippen LogP contribution in [-0.4, -0.2) is 51.9 Å². The van der Waals surface area contributed by atoms with Crippen molar-refractivity contribution in [2.24, 2.45) is 0 Å². The number of nitrogens with one attached hydrogen (secondary N) is 1. The summed E-state index contributed by atoms with van der Waals surface area (Å²) >= 11 is 0. The summed E-state index contributed by atoms with van der Waals surface area (Å²) in [5.41, 5.74) is -1.48. The van der Waals surface area contributed by atoms with Crippen molar-refractivity contribution in [1.82, 2.24) is 10.3 Å². The first-order valence-electron chi connectivity index (χ1n) is 6.24. The number of aromatic nitrogens is 1. The minimum absolute atomic E-state index is 0.0113. The molecule has 2 atom stereocenters. The topological polar surface area (TPSA) is 109 Å². The number of hydrogen-bond donors (Lipinski definition) is 3. The third kappa shape index (κ3) is 2.78. The van der Waals surface area contributed by atoms with E-state index in [0.717, 1.165) is 0 Å². The van der Waals surface area contributed by atoms with E-state index in [2.05, 4.69) is 10.3 Å². The third-order valence-electron chi connectivity index (χ3n) is 3.47. The largest absolute Gasteiger partial charge is 0.478 e. The van der Waals surface area contributed by atoms with E-state index >= 15 is 0 Å². The Kier molecular flexibility index (Phi) is 4.01. The van der Waals surface area contributed by atoms with Crippen molar-refractivity contribution >= 4 is 11.9 Å². The lowest BCUT2D eigenvalue weighted by Crippen LogP contribution is -2.47. The highest BCUT2D eigenvalue weighted by molar-refractivity contribution is 6.03. The summed E-state index contributed by atoms with van der Waals surface area (Å²) in [5, 5.41) is 21.8. The van der Waals surface area contributed by atoms with Crippen LogP contribution in [0.3, 0.4) is 0 Å². The quantitative estimate of drug-likeness (QED) is 0.719. The van der Waals surface area contributed by atoms with E-state index in [1.165, 1.54) is 18.3 Å². The van der Waals surface area contributed by atoms with Crippen LogP contribution < -0.4 is 5.32 Å². The van der Waals surface area contributed by atoms with E-state index in [4.69, 9.17) is 9.84 Å². The van der Waals surface area contributed by atoms with Crippen LogP contribution >= 0.6 is 0 Å². The van der Waals surface area contributed by atoms with Crippen molar-refractivity contribution in [3.63, 3.8) is 0 Å². The van der Waals surface area contributed by atoms with Crippen LogP contribution in [0, 0.1) is 0 Å². The summed E-state index contributed by atoms with van der Waals surface area (Å²) in [5.74, 6) is -1.85. The van der Waals surface area contributed by atoms with E-state index in [1.807, 2.05) is 0 Å². The van der Waals surface area contributed by atoms with Gasteiger partial charge in [-0.05, 0) is 19.1 Å². The molecule has 7 nitrogen and oxygen atoms in total. The maximum atomic E-state index is 12.0. The molecule has 1 fully saturated rings. The van der Waals surface area contributed by atoms with Crippen molar-refractivity contribution in [3.05, 3.63) is 29.6 Å². The molecule has 3 N–H and O–H groups in total. The molecule has 1 aromatic rings. The van der Waals surface area contributed by atoms with Gasteiger partial charge in [0.1, 0.15) is 11.3 Å².